The van der Waals surface area contributed by atoms with Crippen LogP contribution in [0.25, 0.3) is 0 Å². The SMILES string of the molecule is COc1cc2c(c(CN)c1F)OCO2. The van der Waals surface area contributed by atoms with E-state index in [1.807, 2.05) is 0 Å². The van der Waals surface area contributed by atoms with Crippen molar-refractivity contribution in [2.75, 3.05) is 13.9 Å². The second-order valence-electron chi connectivity index (χ2n) is 2.81. The lowest BCUT2D eigenvalue weighted by atomic mass is 10.1. The van der Waals surface area contributed by atoms with Crippen LogP contribution < -0.4 is 19.9 Å². The number of hydrogen-bond donors (Lipinski definition) is 1. The highest BCUT2D eigenvalue weighted by Crippen LogP contribution is 2.41. The highest BCUT2D eigenvalue weighted by Gasteiger charge is 2.24. The summed E-state index contributed by atoms with van der Waals surface area (Å²) >= 11 is 0. The van der Waals surface area contributed by atoms with E-state index in [1.54, 1.807) is 0 Å². The highest BCUT2D eigenvalue weighted by atomic mass is 19.1. The fraction of sp³-hybridized carbons (Fsp3) is 0.333. The monoisotopic (exact) mass is 199 g/mol. The molecule has 1 aromatic rings. The fourth-order valence-corrected chi connectivity index (χ4v) is 1.39. The van der Waals surface area contributed by atoms with Crippen molar-refractivity contribution in [3.63, 3.8) is 0 Å². The summed E-state index contributed by atoms with van der Waals surface area (Å²) in [5.41, 5.74) is 5.70. The quantitative estimate of drug-likeness (QED) is 0.772. The molecule has 0 aromatic heterocycles. The van der Waals surface area contributed by atoms with Gasteiger partial charge in [0.15, 0.2) is 23.1 Å². The Hall–Kier alpha value is -1.49. The van der Waals surface area contributed by atoms with Crippen LogP contribution in [0.4, 0.5) is 4.39 Å². The molecule has 0 atom stereocenters. The fourth-order valence-electron chi connectivity index (χ4n) is 1.39. The lowest BCUT2D eigenvalue weighted by Crippen LogP contribution is -2.03. The van der Waals surface area contributed by atoms with Gasteiger partial charge in [-0.1, -0.05) is 0 Å². The van der Waals surface area contributed by atoms with Gasteiger partial charge in [0.05, 0.1) is 12.7 Å². The molecule has 5 heteroatoms. The molecule has 14 heavy (non-hydrogen) atoms. The largest absolute Gasteiger partial charge is 0.494 e. The first-order chi connectivity index (χ1) is 6.77. The molecule has 0 radical (unpaired) electrons. The third-order valence-corrected chi connectivity index (χ3v) is 2.08. The summed E-state index contributed by atoms with van der Waals surface area (Å²) in [5, 5.41) is 0. The van der Waals surface area contributed by atoms with Crippen LogP contribution in [0, 0.1) is 5.82 Å². The maximum Gasteiger partial charge on any atom is 0.231 e. The molecular weight excluding hydrogens is 189 g/mol. The predicted octanol–water partition coefficient (Wildman–Crippen LogP) is 1.02. The molecule has 4 nitrogen and oxygen atoms in total. The summed E-state index contributed by atoms with van der Waals surface area (Å²) in [6.45, 7) is 0.143. The van der Waals surface area contributed by atoms with Crippen LogP contribution in [0.2, 0.25) is 0 Å². The van der Waals surface area contributed by atoms with Crippen LogP contribution in [0.5, 0.6) is 17.2 Å². The van der Waals surface area contributed by atoms with Gasteiger partial charge < -0.3 is 19.9 Å². The summed E-state index contributed by atoms with van der Waals surface area (Å²) in [5.74, 6) is 0.489. The molecular formula is C9H10FNO3. The van der Waals surface area contributed by atoms with Gasteiger partial charge in [-0.15, -0.1) is 0 Å². The Morgan fingerprint density at radius 2 is 2.36 bits per heavy atom. The maximum atomic E-state index is 13.6. The molecule has 0 saturated carbocycles. The van der Waals surface area contributed by atoms with Crippen molar-refractivity contribution in [3.8, 4) is 17.2 Å². The first-order valence-electron chi connectivity index (χ1n) is 4.13. The van der Waals surface area contributed by atoms with E-state index in [9.17, 15) is 4.39 Å². The summed E-state index contributed by atoms with van der Waals surface area (Å²) in [6.07, 6.45) is 0. The van der Waals surface area contributed by atoms with Crippen LogP contribution in [-0.4, -0.2) is 13.9 Å². The number of ether oxygens (including phenoxy) is 3. The molecule has 2 rings (SSSR count). The lowest BCUT2D eigenvalue weighted by molar-refractivity contribution is 0.173. The Bertz CT molecular complexity index is 367. The van der Waals surface area contributed by atoms with Gasteiger partial charge in [0, 0.05) is 12.6 Å². The minimum Gasteiger partial charge on any atom is -0.494 e. The van der Waals surface area contributed by atoms with E-state index in [0.717, 1.165) is 0 Å². The van der Waals surface area contributed by atoms with Gasteiger partial charge in [-0.3, -0.25) is 0 Å². The smallest absolute Gasteiger partial charge is 0.231 e. The van der Waals surface area contributed by atoms with E-state index in [-0.39, 0.29) is 24.7 Å². The number of nitrogens with two attached hydrogens (primary N) is 1. The summed E-state index contributed by atoms with van der Waals surface area (Å²) < 4.78 is 28.7. The molecule has 0 fully saturated rings. The molecule has 1 heterocycles. The Labute approximate surface area is 80.4 Å². The van der Waals surface area contributed by atoms with Gasteiger partial charge in [0.1, 0.15) is 0 Å². The van der Waals surface area contributed by atoms with E-state index in [1.165, 1.54) is 13.2 Å². The molecule has 1 aliphatic heterocycles. The van der Waals surface area contributed by atoms with Gasteiger partial charge in [-0.2, -0.15) is 0 Å². The van der Waals surface area contributed by atoms with E-state index >= 15 is 0 Å². The first-order valence-corrected chi connectivity index (χ1v) is 4.13. The molecule has 0 amide bonds. The topological polar surface area (TPSA) is 53.7 Å². The Balaban J connectivity index is 2.60. The number of halogens is 1. The first kappa shape index (κ1) is 9.08. The maximum absolute atomic E-state index is 13.6. The van der Waals surface area contributed by atoms with Crippen molar-refractivity contribution in [1.82, 2.24) is 0 Å². The molecule has 0 aliphatic carbocycles. The van der Waals surface area contributed by atoms with Crippen LogP contribution in [-0.2, 0) is 6.54 Å². The van der Waals surface area contributed by atoms with Gasteiger partial charge in [-0.25, -0.2) is 4.39 Å². The van der Waals surface area contributed by atoms with Crippen molar-refractivity contribution in [3.05, 3.63) is 17.4 Å². The average Bonchev–Trinajstić information content (AvgIpc) is 2.64. The Morgan fingerprint density at radius 3 is 3.00 bits per heavy atom. The number of methoxy groups -OCH3 is 1. The number of fused-ring (bicyclic) bond motifs is 1. The van der Waals surface area contributed by atoms with Crippen molar-refractivity contribution in [1.29, 1.82) is 0 Å². The van der Waals surface area contributed by atoms with E-state index < -0.39 is 5.82 Å². The zero-order valence-corrected chi connectivity index (χ0v) is 7.67. The zero-order chi connectivity index (χ0) is 10.1. The van der Waals surface area contributed by atoms with Crippen LogP contribution in [0.3, 0.4) is 0 Å². The second-order valence-corrected chi connectivity index (χ2v) is 2.81. The summed E-state index contributed by atoms with van der Waals surface area (Å²) in [7, 11) is 1.39. The van der Waals surface area contributed by atoms with Crippen molar-refractivity contribution < 1.29 is 18.6 Å². The predicted molar refractivity (Wildman–Crippen MR) is 47.0 cm³/mol. The van der Waals surface area contributed by atoms with Crippen LogP contribution >= 0.6 is 0 Å². The number of rotatable bonds is 2. The molecule has 1 aliphatic rings. The Morgan fingerprint density at radius 1 is 1.57 bits per heavy atom. The molecule has 76 valence electrons. The van der Waals surface area contributed by atoms with Gasteiger partial charge in [-0.05, 0) is 0 Å². The standard InChI is InChI=1S/C9H10FNO3/c1-12-6-2-7-9(14-4-13-7)5(3-11)8(6)10/h2H,3-4,11H2,1H3. The molecule has 0 unspecified atom stereocenters. The van der Waals surface area contributed by atoms with Gasteiger partial charge in [0.25, 0.3) is 0 Å². The van der Waals surface area contributed by atoms with E-state index in [2.05, 4.69) is 0 Å². The van der Waals surface area contributed by atoms with Gasteiger partial charge in [0.2, 0.25) is 6.79 Å². The van der Waals surface area contributed by atoms with Crippen LogP contribution in [0.15, 0.2) is 6.07 Å². The molecule has 2 N–H and O–H groups in total. The molecule has 0 saturated heterocycles. The van der Waals surface area contributed by atoms with Crippen LogP contribution in [0.1, 0.15) is 5.56 Å². The Kier molecular flexibility index (Phi) is 2.17. The van der Waals surface area contributed by atoms with E-state index in [4.69, 9.17) is 19.9 Å². The minimum absolute atomic E-state index is 0.0503. The normalized spacial score (nSPS) is 13.1. The highest BCUT2D eigenvalue weighted by molar-refractivity contribution is 5.54. The number of hydrogen-bond acceptors (Lipinski definition) is 4. The zero-order valence-electron chi connectivity index (χ0n) is 7.67. The summed E-state index contributed by atoms with van der Waals surface area (Å²) in [6, 6.07) is 1.46. The summed E-state index contributed by atoms with van der Waals surface area (Å²) in [4.78, 5) is 0. The lowest BCUT2D eigenvalue weighted by Gasteiger charge is -2.08. The van der Waals surface area contributed by atoms with Crippen molar-refractivity contribution in [2.24, 2.45) is 5.73 Å². The molecule has 0 spiro atoms. The van der Waals surface area contributed by atoms with Gasteiger partial charge >= 0.3 is 0 Å². The second kappa shape index (κ2) is 3.34. The molecule has 1 aromatic carbocycles. The average molecular weight is 199 g/mol. The van der Waals surface area contributed by atoms with E-state index in [0.29, 0.717) is 11.5 Å². The van der Waals surface area contributed by atoms with Crippen molar-refractivity contribution >= 4 is 0 Å². The van der Waals surface area contributed by atoms with Crippen molar-refractivity contribution in [2.45, 2.75) is 6.54 Å². The molecule has 0 bridgehead atoms. The third kappa shape index (κ3) is 1.17. The third-order valence-electron chi connectivity index (χ3n) is 2.08. The minimum atomic E-state index is -0.487. The number of benzene rings is 1.